The number of H-pyrrole nitrogens is 1. The van der Waals surface area contributed by atoms with Crippen LogP contribution in [0, 0.1) is 13.8 Å². The molecule has 10 heteroatoms. The Morgan fingerprint density at radius 2 is 1.87 bits per heavy atom. The van der Waals surface area contributed by atoms with Gasteiger partial charge in [-0.2, -0.15) is 9.40 Å². The Balaban J connectivity index is 1.59. The zero-order chi connectivity index (χ0) is 21.6. The fourth-order valence-corrected chi connectivity index (χ4v) is 5.40. The summed E-state index contributed by atoms with van der Waals surface area (Å²) in [6, 6.07) is 10.7. The molecule has 0 atom stereocenters. The van der Waals surface area contributed by atoms with Crippen molar-refractivity contribution in [2.45, 2.75) is 31.6 Å². The lowest BCUT2D eigenvalue weighted by Gasteiger charge is -2.16. The Labute approximate surface area is 180 Å². The summed E-state index contributed by atoms with van der Waals surface area (Å²) in [6.07, 6.45) is 3.69. The molecule has 0 unspecified atom stereocenters. The first-order chi connectivity index (χ1) is 14.9. The highest BCUT2D eigenvalue weighted by atomic mass is 32.2. The molecule has 1 fully saturated rings. The summed E-state index contributed by atoms with van der Waals surface area (Å²) in [7, 11) is -3.51. The van der Waals surface area contributed by atoms with E-state index in [4.69, 9.17) is 4.98 Å². The summed E-state index contributed by atoms with van der Waals surface area (Å²) in [6.45, 7) is 4.98. The van der Waals surface area contributed by atoms with Crippen LogP contribution >= 0.6 is 0 Å². The molecule has 0 radical (unpaired) electrons. The number of aromatic nitrogens is 5. The van der Waals surface area contributed by atoms with Crippen LogP contribution in [0.3, 0.4) is 0 Å². The fourth-order valence-electron chi connectivity index (χ4n) is 3.84. The van der Waals surface area contributed by atoms with Crippen LogP contribution in [-0.4, -0.2) is 50.4 Å². The van der Waals surface area contributed by atoms with Gasteiger partial charge in [0.2, 0.25) is 16.0 Å². The number of hydrogen-bond acceptors (Lipinski definition) is 6. The highest BCUT2D eigenvalue weighted by molar-refractivity contribution is 7.89. The molecular formula is C21H23N7O2S. The molecule has 9 nitrogen and oxygen atoms in total. The number of nitrogens with one attached hydrogen (secondary N) is 2. The van der Waals surface area contributed by atoms with Crippen LogP contribution in [0.2, 0.25) is 0 Å². The zero-order valence-corrected chi connectivity index (χ0v) is 18.1. The second kappa shape index (κ2) is 7.47. The average Bonchev–Trinajstić information content (AvgIpc) is 3.49. The van der Waals surface area contributed by atoms with E-state index in [-0.39, 0.29) is 4.90 Å². The highest BCUT2D eigenvalue weighted by Gasteiger charge is 2.27. The summed E-state index contributed by atoms with van der Waals surface area (Å²) in [5.74, 6) is 1.19. The van der Waals surface area contributed by atoms with Gasteiger partial charge in [-0.15, -0.1) is 0 Å². The molecule has 1 saturated heterocycles. The van der Waals surface area contributed by atoms with Gasteiger partial charge in [0.25, 0.3) is 0 Å². The number of fused-ring (bicyclic) bond motifs is 1. The molecule has 0 amide bonds. The molecule has 1 aromatic carbocycles. The smallest absolute Gasteiger partial charge is 0.243 e. The zero-order valence-electron chi connectivity index (χ0n) is 17.3. The molecule has 0 aliphatic carbocycles. The van der Waals surface area contributed by atoms with Crippen molar-refractivity contribution in [3.05, 3.63) is 54.0 Å². The largest absolute Gasteiger partial charge is 0.308 e. The standard InChI is InChI=1S/C21H23N7O2S/c1-14-10-19(26-25-14)24-21-23-18(12-20-22-15(2)13-28(20)21)16-6-5-7-17(11-16)31(29,30)27-8-3-4-9-27/h5-7,10-13H,3-4,8-9H2,1-2H3,(H2,23,24,25,26). The van der Waals surface area contributed by atoms with Crippen LogP contribution in [0.5, 0.6) is 0 Å². The SMILES string of the molecule is Cc1cn2c(Nc3cc(C)[nH]n3)nc(-c3cccc(S(=O)(=O)N4CCCC4)c3)cc2n1. The Kier molecular flexibility index (Phi) is 4.75. The number of aromatic amines is 1. The van der Waals surface area contributed by atoms with E-state index in [2.05, 4.69) is 20.5 Å². The molecule has 4 heterocycles. The quantitative estimate of drug-likeness (QED) is 0.496. The number of anilines is 2. The van der Waals surface area contributed by atoms with Crippen molar-refractivity contribution in [2.75, 3.05) is 18.4 Å². The van der Waals surface area contributed by atoms with E-state index in [1.807, 2.05) is 42.6 Å². The van der Waals surface area contributed by atoms with Gasteiger partial charge in [-0.05, 0) is 38.8 Å². The number of nitrogens with zero attached hydrogens (tertiary/aromatic N) is 5. The lowest BCUT2D eigenvalue weighted by molar-refractivity contribution is 0.477. The predicted octanol–water partition coefficient (Wildman–Crippen LogP) is 3.26. The normalized spacial score (nSPS) is 15.0. The van der Waals surface area contributed by atoms with E-state index in [1.165, 1.54) is 0 Å². The fraction of sp³-hybridized carbons (Fsp3) is 0.286. The number of benzene rings is 1. The molecule has 0 bridgehead atoms. The van der Waals surface area contributed by atoms with Gasteiger partial charge in [-0.25, -0.2) is 18.4 Å². The molecule has 160 valence electrons. The van der Waals surface area contributed by atoms with Gasteiger partial charge in [-0.3, -0.25) is 9.50 Å². The van der Waals surface area contributed by atoms with Crippen molar-refractivity contribution < 1.29 is 8.42 Å². The molecule has 1 aliphatic rings. The minimum absolute atomic E-state index is 0.283. The van der Waals surface area contributed by atoms with Crippen molar-refractivity contribution in [3.63, 3.8) is 0 Å². The van der Waals surface area contributed by atoms with Gasteiger partial charge in [0, 0.05) is 42.7 Å². The van der Waals surface area contributed by atoms with Crippen LogP contribution < -0.4 is 5.32 Å². The Bertz CT molecular complexity index is 1370. The first kappa shape index (κ1) is 19.7. The summed E-state index contributed by atoms with van der Waals surface area (Å²) < 4.78 is 29.4. The van der Waals surface area contributed by atoms with Crippen molar-refractivity contribution in [3.8, 4) is 11.3 Å². The molecule has 2 N–H and O–H groups in total. The van der Waals surface area contributed by atoms with Gasteiger partial charge >= 0.3 is 0 Å². The van der Waals surface area contributed by atoms with Gasteiger partial charge in [0.05, 0.1) is 16.3 Å². The van der Waals surface area contributed by atoms with Crippen LogP contribution in [0.25, 0.3) is 16.9 Å². The molecule has 1 aliphatic heterocycles. The Morgan fingerprint density at radius 3 is 2.61 bits per heavy atom. The minimum Gasteiger partial charge on any atom is -0.308 e. The number of aryl methyl sites for hydroxylation is 2. The van der Waals surface area contributed by atoms with Crippen LogP contribution in [0.1, 0.15) is 24.2 Å². The van der Waals surface area contributed by atoms with Gasteiger partial charge in [-0.1, -0.05) is 12.1 Å². The molecule has 5 rings (SSSR count). The average molecular weight is 438 g/mol. The van der Waals surface area contributed by atoms with Gasteiger partial charge in [0.15, 0.2) is 5.82 Å². The van der Waals surface area contributed by atoms with E-state index < -0.39 is 10.0 Å². The van der Waals surface area contributed by atoms with Crippen molar-refractivity contribution in [1.82, 2.24) is 28.9 Å². The third kappa shape index (κ3) is 3.68. The third-order valence-corrected chi connectivity index (χ3v) is 7.25. The first-order valence-electron chi connectivity index (χ1n) is 10.2. The van der Waals surface area contributed by atoms with Gasteiger partial charge in [0.1, 0.15) is 5.65 Å². The predicted molar refractivity (Wildman–Crippen MR) is 118 cm³/mol. The number of rotatable bonds is 5. The number of hydrogen-bond donors (Lipinski definition) is 2. The van der Waals surface area contributed by atoms with E-state index in [0.29, 0.717) is 41.8 Å². The number of imidazole rings is 1. The third-order valence-electron chi connectivity index (χ3n) is 5.35. The highest BCUT2D eigenvalue weighted by Crippen LogP contribution is 2.28. The summed E-state index contributed by atoms with van der Waals surface area (Å²) in [5.41, 5.74) is 3.84. The van der Waals surface area contributed by atoms with Crippen molar-refractivity contribution >= 4 is 27.4 Å². The molecule has 4 aromatic rings. The van der Waals surface area contributed by atoms with E-state index in [0.717, 1.165) is 24.2 Å². The number of sulfonamides is 1. The Hall–Kier alpha value is -3.24. The van der Waals surface area contributed by atoms with E-state index in [9.17, 15) is 8.42 Å². The second-order valence-corrected chi connectivity index (χ2v) is 9.71. The maximum absolute atomic E-state index is 13.0. The van der Waals surface area contributed by atoms with E-state index >= 15 is 0 Å². The maximum Gasteiger partial charge on any atom is 0.243 e. The first-order valence-corrected chi connectivity index (χ1v) is 11.6. The van der Waals surface area contributed by atoms with Crippen LogP contribution in [-0.2, 0) is 10.0 Å². The monoisotopic (exact) mass is 437 g/mol. The van der Waals surface area contributed by atoms with Crippen LogP contribution in [0.4, 0.5) is 11.8 Å². The summed E-state index contributed by atoms with van der Waals surface area (Å²) in [4.78, 5) is 9.61. The molecule has 31 heavy (non-hydrogen) atoms. The maximum atomic E-state index is 13.0. The second-order valence-electron chi connectivity index (χ2n) is 7.78. The molecular weight excluding hydrogens is 414 g/mol. The topological polar surface area (TPSA) is 108 Å². The van der Waals surface area contributed by atoms with Crippen molar-refractivity contribution in [1.29, 1.82) is 0 Å². The lowest BCUT2D eigenvalue weighted by atomic mass is 10.1. The summed E-state index contributed by atoms with van der Waals surface area (Å²) in [5, 5.41) is 10.3. The summed E-state index contributed by atoms with van der Waals surface area (Å²) >= 11 is 0. The van der Waals surface area contributed by atoms with Crippen molar-refractivity contribution in [2.24, 2.45) is 0 Å². The molecule has 3 aromatic heterocycles. The lowest BCUT2D eigenvalue weighted by Crippen LogP contribution is -2.27. The minimum atomic E-state index is -3.51. The Morgan fingerprint density at radius 1 is 1.06 bits per heavy atom. The van der Waals surface area contributed by atoms with Gasteiger partial charge < -0.3 is 5.32 Å². The molecule has 0 spiro atoms. The van der Waals surface area contributed by atoms with E-state index in [1.54, 1.807) is 22.5 Å². The van der Waals surface area contributed by atoms with Crippen LogP contribution in [0.15, 0.2) is 47.5 Å². The molecule has 0 saturated carbocycles.